The van der Waals surface area contributed by atoms with Gasteiger partial charge >= 0.3 is 0 Å². The van der Waals surface area contributed by atoms with Crippen LogP contribution in [-0.2, 0) is 0 Å². The lowest BCUT2D eigenvalue weighted by Crippen LogP contribution is -2.08. The first-order valence-corrected chi connectivity index (χ1v) is 6.42. The highest BCUT2D eigenvalue weighted by Gasteiger charge is 2.43. The maximum absolute atomic E-state index is 8.55. The van der Waals surface area contributed by atoms with E-state index in [9.17, 15) is 0 Å². The van der Waals surface area contributed by atoms with Gasteiger partial charge in [0.25, 0.3) is 0 Å². The molecule has 0 N–H and O–H groups in total. The maximum atomic E-state index is 8.55. The summed E-state index contributed by atoms with van der Waals surface area (Å²) in [5.41, 5.74) is 4.29. The number of hydrogen-bond acceptors (Lipinski definition) is 0. The number of fused-ring (bicyclic) bond motifs is 5. The maximum Gasteiger partial charge on any atom is 0.0279 e. The van der Waals surface area contributed by atoms with E-state index < -0.39 is 0 Å². The normalized spacial score (nSPS) is 34.5. The number of benzene rings is 2. The first-order valence-electron chi connectivity index (χ1n) is 7.00. The molecule has 2 aromatic rings. The van der Waals surface area contributed by atoms with Gasteiger partial charge in [-0.3, -0.25) is 0 Å². The van der Waals surface area contributed by atoms with Crippen molar-refractivity contribution in [1.29, 1.82) is 0 Å². The Morgan fingerprint density at radius 2 is 1.53 bits per heavy atom. The Balaban J connectivity index is 1.82. The van der Waals surface area contributed by atoms with E-state index in [4.69, 9.17) is 1.37 Å². The van der Waals surface area contributed by atoms with Crippen molar-refractivity contribution in [2.75, 3.05) is 0 Å². The van der Waals surface area contributed by atoms with Gasteiger partial charge in [0.2, 0.25) is 0 Å². The van der Waals surface area contributed by atoms with Crippen LogP contribution in [0.1, 0.15) is 48.6 Å². The summed E-state index contributed by atoms with van der Waals surface area (Å²) in [6.07, 6.45) is 1.21. The van der Waals surface area contributed by atoms with Gasteiger partial charge in [0.05, 0.1) is 0 Å². The molecule has 0 aromatic heterocycles. The lowest BCUT2D eigenvalue weighted by Gasteiger charge is -2.24. The van der Waals surface area contributed by atoms with Gasteiger partial charge in [-0.05, 0) is 47.3 Å². The predicted molar refractivity (Wildman–Crippen MR) is 70.3 cm³/mol. The molecule has 84 valence electrons. The molecule has 0 spiro atoms. The average molecular weight is 221 g/mol. The Bertz CT molecular complexity index is 575. The molecule has 0 heteroatoms. The largest absolute Gasteiger partial charge is 0.0622 e. The highest BCUT2D eigenvalue weighted by molar-refractivity contribution is 5.45. The highest BCUT2D eigenvalue weighted by Crippen LogP contribution is 2.59. The predicted octanol–water partition coefficient (Wildman–Crippen LogP) is 4.45. The van der Waals surface area contributed by atoms with E-state index in [1.807, 2.05) is 0 Å². The minimum absolute atomic E-state index is 0.0345. The standard InChI is InChI=1S/C17H16/c1-2-6-12(7-3-1)16-10-13-11-17(16)15-9-5-4-8-14(13)15/h1-9,13,16-17H,10-11H2/i10D. The molecular formula is C17H16. The van der Waals surface area contributed by atoms with Crippen LogP contribution in [0.2, 0.25) is 0 Å². The molecule has 4 unspecified atom stereocenters. The third-order valence-electron chi connectivity index (χ3n) is 4.36. The minimum Gasteiger partial charge on any atom is -0.0622 e. The van der Waals surface area contributed by atoms with E-state index in [-0.39, 0.29) is 6.40 Å². The lowest BCUT2D eigenvalue weighted by molar-refractivity contribution is 0.605. The molecule has 0 amide bonds. The van der Waals surface area contributed by atoms with Crippen LogP contribution < -0.4 is 0 Å². The van der Waals surface area contributed by atoms with Crippen molar-refractivity contribution in [3.05, 3.63) is 71.3 Å². The Hall–Kier alpha value is -1.56. The van der Waals surface area contributed by atoms with Crippen molar-refractivity contribution >= 4 is 0 Å². The summed E-state index contributed by atoms with van der Waals surface area (Å²) in [6.45, 7) is 0. The molecular weight excluding hydrogens is 204 g/mol. The molecule has 4 rings (SSSR count). The molecule has 1 fully saturated rings. The van der Waals surface area contributed by atoms with Crippen LogP contribution in [-0.4, -0.2) is 0 Å². The summed E-state index contributed by atoms with van der Waals surface area (Å²) in [7, 11) is 0. The van der Waals surface area contributed by atoms with Crippen molar-refractivity contribution in [2.45, 2.75) is 30.6 Å². The Morgan fingerprint density at radius 1 is 0.824 bits per heavy atom. The molecule has 17 heavy (non-hydrogen) atoms. The van der Waals surface area contributed by atoms with Crippen LogP contribution in [0.25, 0.3) is 0 Å². The van der Waals surface area contributed by atoms with Crippen LogP contribution in [0.5, 0.6) is 0 Å². The fourth-order valence-corrected chi connectivity index (χ4v) is 3.64. The van der Waals surface area contributed by atoms with E-state index in [0.717, 1.165) is 0 Å². The first-order chi connectivity index (χ1) is 8.86. The van der Waals surface area contributed by atoms with Gasteiger partial charge in [0.15, 0.2) is 0 Å². The smallest absolute Gasteiger partial charge is 0.0279 e. The van der Waals surface area contributed by atoms with Gasteiger partial charge in [-0.2, -0.15) is 0 Å². The van der Waals surface area contributed by atoms with Crippen LogP contribution >= 0.6 is 0 Å². The van der Waals surface area contributed by atoms with Gasteiger partial charge in [0, 0.05) is 1.37 Å². The van der Waals surface area contributed by atoms with Crippen LogP contribution in [0, 0.1) is 0 Å². The zero-order valence-electron chi connectivity index (χ0n) is 10.7. The van der Waals surface area contributed by atoms with Crippen LogP contribution in [0.4, 0.5) is 0 Å². The minimum atomic E-state index is 0.0345. The summed E-state index contributed by atoms with van der Waals surface area (Å²) < 4.78 is 8.55. The van der Waals surface area contributed by atoms with Crippen molar-refractivity contribution in [3.63, 3.8) is 0 Å². The quantitative estimate of drug-likeness (QED) is 0.667. The number of rotatable bonds is 1. The van der Waals surface area contributed by atoms with Crippen LogP contribution in [0.3, 0.4) is 0 Å². The molecule has 2 bridgehead atoms. The van der Waals surface area contributed by atoms with Crippen molar-refractivity contribution in [3.8, 4) is 0 Å². The van der Waals surface area contributed by atoms with Gasteiger partial charge < -0.3 is 0 Å². The Morgan fingerprint density at radius 3 is 2.35 bits per heavy atom. The third kappa shape index (κ3) is 1.30. The summed E-state index contributed by atoms with van der Waals surface area (Å²) in [5, 5.41) is 0. The second kappa shape index (κ2) is 3.46. The van der Waals surface area contributed by atoms with Gasteiger partial charge in [-0.1, -0.05) is 54.6 Å². The molecule has 0 saturated heterocycles. The van der Waals surface area contributed by atoms with Crippen LogP contribution in [0.15, 0.2) is 54.6 Å². The zero-order valence-corrected chi connectivity index (χ0v) is 9.71. The lowest BCUT2D eigenvalue weighted by atomic mass is 9.80. The van der Waals surface area contributed by atoms with Gasteiger partial charge in [-0.15, -0.1) is 0 Å². The van der Waals surface area contributed by atoms with Crippen molar-refractivity contribution < 1.29 is 1.37 Å². The summed E-state index contributed by atoms with van der Waals surface area (Å²) in [5.74, 6) is 1.42. The van der Waals surface area contributed by atoms with E-state index in [1.54, 1.807) is 0 Å². The second-order valence-electron chi connectivity index (χ2n) is 5.21. The molecule has 0 radical (unpaired) electrons. The molecule has 0 aliphatic heterocycles. The molecule has 0 nitrogen and oxygen atoms in total. The molecule has 1 saturated carbocycles. The van der Waals surface area contributed by atoms with Crippen molar-refractivity contribution in [1.82, 2.24) is 0 Å². The topological polar surface area (TPSA) is 0 Å². The van der Waals surface area contributed by atoms with E-state index in [0.29, 0.717) is 17.8 Å². The molecule has 2 aliphatic rings. The van der Waals surface area contributed by atoms with E-state index in [2.05, 4.69) is 54.6 Å². The molecule has 0 heterocycles. The van der Waals surface area contributed by atoms with Crippen molar-refractivity contribution in [2.24, 2.45) is 0 Å². The zero-order chi connectivity index (χ0) is 12.1. The molecule has 2 aliphatic carbocycles. The second-order valence-corrected chi connectivity index (χ2v) is 5.21. The summed E-state index contributed by atoms with van der Waals surface area (Å²) in [6, 6.07) is 19.4. The first kappa shape index (κ1) is 8.52. The third-order valence-corrected chi connectivity index (χ3v) is 4.36. The monoisotopic (exact) mass is 221 g/mol. The summed E-state index contributed by atoms with van der Waals surface area (Å²) >= 11 is 0. The average Bonchev–Trinajstić information content (AvgIpc) is 2.96. The van der Waals surface area contributed by atoms with Gasteiger partial charge in [-0.25, -0.2) is 0 Å². The highest BCUT2D eigenvalue weighted by atomic mass is 14.5. The fraction of sp³-hybridized carbons (Fsp3) is 0.294. The van der Waals surface area contributed by atoms with Gasteiger partial charge in [0.1, 0.15) is 0 Å². The Labute approximate surface area is 104 Å². The Kier molecular flexibility index (Phi) is 1.74. The molecule has 2 aromatic carbocycles. The van der Waals surface area contributed by atoms with E-state index >= 15 is 0 Å². The molecule has 4 atom stereocenters. The SMILES string of the molecule is [2H]C1C2CC(c3ccccc32)C1c1ccccc1. The number of hydrogen-bond donors (Lipinski definition) is 0. The summed E-state index contributed by atoms with van der Waals surface area (Å²) in [4.78, 5) is 0. The fourth-order valence-electron chi connectivity index (χ4n) is 3.64. The van der Waals surface area contributed by atoms with E-state index in [1.165, 1.54) is 23.1 Å².